The molecule has 1 heterocycles. The fraction of sp³-hybridized carbons (Fsp3) is 0.526. The number of carbonyl (C=O) groups excluding carboxylic acids is 3. The number of halogens is 3. The van der Waals surface area contributed by atoms with Gasteiger partial charge in [-0.15, -0.1) is 0 Å². The van der Waals surface area contributed by atoms with E-state index in [0.717, 1.165) is 10.5 Å². The van der Waals surface area contributed by atoms with Crippen molar-refractivity contribution in [3.63, 3.8) is 0 Å². The van der Waals surface area contributed by atoms with Crippen LogP contribution in [0.15, 0.2) is 24.3 Å². The Morgan fingerprint density at radius 1 is 1.11 bits per heavy atom. The Hall–Kier alpha value is -2.38. The lowest BCUT2D eigenvalue weighted by Gasteiger charge is -2.24. The molecule has 0 aromatic heterocycles. The van der Waals surface area contributed by atoms with Crippen molar-refractivity contribution >= 4 is 17.6 Å². The van der Waals surface area contributed by atoms with Gasteiger partial charge in [-0.2, -0.15) is 13.2 Å². The highest BCUT2D eigenvalue weighted by molar-refractivity contribution is 6.43. The molecule has 0 bridgehead atoms. The zero-order valence-electron chi connectivity index (χ0n) is 15.5. The maximum atomic E-state index is 12.5. The summed E-state index contributed by atoms with van der Waals surface area (Å²) < 4.78 is 36.8. The number of rotatable bonds is 4. The minimum atomic E-state index is -4.53. The number of hydrogen-bond acceptors (Lipinski definition) is 3. The van der Waals surface area contributed by atoms with Crippen LogP contribution in [-0.4, -0.2) is 47.8 Å². The highest BCUT2D eigenvalue weighted by Crippen LogP contribution is 2.23. The van der Waals surface area contributed by atoms with Gasteiger partial charge in [-0.25, -0.2) is 0 Å². The van der Waals surface area contributed by atoms with Gasteiger partial charge in [0.15, 0.2) is 0 Å². The predicted molar refractivity (Wildman–Crippen MR) is 93.3 cm³/mol. The van der Waals surface area contributed by atoms with E-state index in [0.29, 0.717) is 6.42 Å². The molecule has 1 aliphatic rings. The van der Waals surface area contributed by atoms with Gasteiger partial charge < -0.3 is 10.2 Å². The first-order chi connectivity index (χ1) is 12.4. The minimum Gasteiger partial charge on any atom is -0.345 e. The summed E-state index contributed by atoms with van der Waals surface area (Å²) in [6.45, 7) is 4.75. The number of carbonyl (C=O) groups is 3. The fourth-order valence-electron chi connectivity index (χ4n) is 2.96. The summed E-state index contributed by atoms with van der Waals surface area (Å²) in [5, 5.41) is 1.78. The molecule has 148 valence electrons. The van der Waals surface area contributed by atoms with Gasteiger partial charge in [-0.1, -0.05) is 45.0 Å². The van der Waals surface area contributed by atoms with Gasteiger partial charge >= 0.3 is 6.18 Å². The number of likely N-dealkylation sites (tertiary alicyclic amines) is 1. The summed E-state index contributed by atoms with van der Waals surface area (Å²) >= 11 is 0. The third kappa shape index (κ3) is 5.30. The number of ketones is 1. The average Bonchev–Trinajstić information content (AvgIpc) is 3.06. The Kier molecular flexibility index (Phi) is 5.97. The largest absolute Gasteiger partial charge is 0.405 e. The minimum absolute atomic E-state index is 0.109. The second-order valence-electron chi connectivity index (χ2n) is 7.65. The van der Waals surface area contributed by atoms with E-state index in [4.69, 9.17) is 0 Å². The van der Waals surface area contributed by atoms with Crippen LogP contribution in [0.2, 0.25) is 0 Å². The lowest BCUT2D eigenvalue weighted by molar-refractivity contribution is -0.143. The molecule has 8 heteroatoms. The summed E-state index contributed by atoms with van der Waals surface area (Å²) in [7, 11) is 0. The van der Waals surface area contributed by atoms with Crippen LogP contribution < -0.4 is 5.32 Å². The van der Waals surface area contributed by atoms with E-state index in [-0.39, 0.29) is 23.9 Å². The number of nitrogens with zero attached hydrogens (tertiary/aromatic N) is 1. The maximum absolute atomic E-state index is 12.5. The summed E-state index contributed by atoms with van der Waals surface area (Å²) in [5.74, 6) is -2.54. The molecule has 27 heavy (non-hydrogen) atoms. The van der Waals surface area contributed by atoms with Gasteiger partial charge in [0, 0.05) is 12.1 Å². The predicted octanol–water partition coefficient (Wildman–Crippen LogP) is 2.84. The molecule has 1 aliphatic heterocycles. The molecule has 1 saturated heterocycles. The number of nitrogens with one attached hydrogen (secondary N) is 1. The van der Waals surface area contributed by atoms with Gasteiger partial charge in [-0.05, 0) is 23.8 Å². The molecule has 0 radical (unpaired) electrons. The summed E-state index contributed by atoms with van der Waals surface area (Å²) in [4.78, 5) is 38.1. The van der Waals surface area contributed by atoms with Crippen molar-refractivity contribution in [2.24, 2.45) is 0 Å². The fourth-order valence-corrected chi connectivity index (χ4v) is 2.96. The monoisotopic (exact) mass is 384 g/mol. The van der Waals surface area contributed by atoms with Crippen LogP contribution in [0.3, 0.4) is 0 Å². The molecule has 0 spiro atoms. The Balaban J connectivity index is 2.08. The normalized spacial score (nSPS) is 17.7. The van der Waals surface area contributed by atoms with Crippen LogP contribution in [0.5, 0.6) is 0 Å². The van der Waals surface area contributed by atoms with Gasteiger partial charge in [0.1, 0.15) is 12.6 Å². The van der Waals surface area contributed by atoms with Crippen molar-refractivity contribution in [2.75, 3.05) is 13.1 Å². The van der Waals surface area contributed by atoms with E-state index in [9.17, 15) is 27.6 Å². The molecule has 1 N–H and O–H groups in total. The molecule has 1 atom stereocenters. The van der Waals surface area contributed by atoms with E-state index >= 15 is 0 Å². The van der Waals surface area contributed by atoms with E-state index < -0.39 is 36.4 Å². The van der Waals surface area contributed by atoms with Gasteiger partial charge in [0.25, 0.3) is 5.91 Å². The van der Waals surface area contributed by atoms with Gasteiger partial charge in [-0.3, -0.25) is 14.4 Å². The summed E-state index contributed by atoms with van der Waals surface area (Å²) in [5.41, 5.74) is 1.08. The smallest absolute Gasteiger partial charge is 0.345 e. The van der Waals surface area contributed by atoms with E-state index in [1.54, 1.807) is 29.6 Å². The zero-order valence-corrected chi connectivity index (χ0v) is 15.5. The highest BCUT2D eigenvalue weighted by Gasteiger charge is 2.38. The Morgan fingerprint density at radius 2 is 1.70 bits per heavy atom. The Labute approximate surface area is 155 Å². The first-order valence-electron chi connectivity index (χ1n) is 8.70. The number of hydrogen-bond donors (Lipinski definition) is 1. The Morgan fingerprint density at radius 3 is 2.22 bits per heavy atom. The number of Topliss-reactive ketones (excluding diaryl/α,β-unsaturated/α-hetero) is 1. The van der Waals surface area contributed by atoms with E-state index in [1.165, 1.54) is 0 Å². The topological polar surface area (TPSA) is 66.5 Å². The Bertz CT molecular complexity index is 721. The van der Waals surface area contributed by atoms with Crippen molar-refractivity contribution in [3.8, 4) is 0 Å². The molecule has 5 nitrogen and oxygen atoms in total. The van der Waals surface area contributed by atoms with Gasteiger partial charge in [0.05, 0.1) is 0 Å². The van der Waals surface area contributed by atoms with Crippen LogP contribution in [0.4, 0.5) is 13.2 Å². The van der Waals surface area contributed by atoms with E-state index in [1.807, 2.05) is 20.8 Å². The number of amides is 2. The first kappa shape index (κ1) is 20.9. The lowest BCUT2D eigenvalue weighted by atomic mass is 9.86. The molecular formula is C19H23F3N2O3. The average molecular weight is 384 g/mol. The lowest BCUT2D eigenvalue weighted by Crippen LogP contribution is -2.49. The van der Waals surface area contributed by atoms with Crippen LogP contribution >= 0.6 is 0 Å². The molecule has 0 aliphatic carbocycles. The third-order valence-electron chi connectivity index (χ3n) is 4.49. The van der Waals surface area contributed by atoms with E-state index in [2.05, 4.69) is 0 Å². The molecule has 1 fully saturated rings. The van der Waals surface area contributed by atoms with Crippen molar-refractivity contribution in [3.05, 3.63) is 35.4 Å². The van der Waals surface area contributed by atoms with Crippen molar-refractivity contribution in [1.82, 2.24) is 10.2 Å². The number of alkyl halides is 3. The SMILES string of the molecule is CC(C)(C)c1ccc(C(=O)C(=O)N2CCC[C@@H]2C(=O)NCC(F)(F)F)cc1. The van der Waals surface area contributed by atoms with Crippen LogP contribution in [0.25, 0.3) is 0 Å². The first-order valence-corrected chi connectivity index (χ1v) is 8.70. The summed E-state index contributed by atoms with van der Waals surface area (Å²) in [6.07, 6.45) is -3.86. The number of benzene rings is 1. The van der Waals surface area contributed by atoms with Crippen molar-refractivity contribution < 1.29 is 27.6 Å². The summed E-state index contributed by atoms with van der Waals surface area (Å²) in [6, 6.07) is 5.57. The molecule has 1 aromatic carbocycles. The molecular weight excluding hydrogens is 361 g/mol. The molecule has 0 saturated carbocycles. The van der Waals surface area contributed by atoms with Crippen LogP contribution in [0.1, 0.15) is 49.5 Å². The highest BCUT2D eigenvalue weighted by atomic mass is 19.4. The maximum Gasteiger partial charge on any atom is 0.405 e. The van der Waals surface area contributed by atoms with Crippen molar-refractivity contribution in [2.45, 2.75) is 51.2 Å². The molecule has 0 unspecified atom stereocenters. The molecule has 2 amide bonds. The zero-order chi connectivity index (χ0) is 20.4. The van der Waals surface area contributed by atoms with Crippen molar-refractivity contribution in [1.29, 1.82) is 0 Å². The van der Waals surface area contributed by atoms with Gasteiger partial charge in [0.2, 0.25) is 11.7 Å². The quantitative estimate of drug-likeness (QED) is 0.641. The standard InChI is InChI=1S/C19H23F3N2O3/c1-18(2,3)13-8-6-12(7-9-13)15(25)17(27)24-10-4-5-14(24)16(26)23-11-19(20,21)22/h6-9,14H,4-5,10-11H2,1-3H3,(H,23,26)/t14-/m1/s1. The third-order valence-corrected chi connectivity index (χ3v) is 4.49. The van der Waals surface area contributed by atoms with Crippen LogP contribution in [0, 0.1) is 0 Å². The molecule has 1 aromatic rings. The second kappa shape index (κ2) is 7.70. The van der Waals surface area contributed by atoms with Crippen LogP contribution in [-0.2, 0) is 15.0 Å². The second-order valence-corrected chi connectivity index (χ2v) is 7.65. The molecule has 2 rings (SSSR count).